The zero-order valence-corrected chi connectivity index (χ0v) is 9.66. The lowest BCUT2D eigenvalue weighted by molar-refractivity contribution is 0.378. The van der Waals surface area contributed by atoms with E-state index in [1.807, 2.05) is 0 Å². The van der Waals surface area contributed by atoms with Crippen LogP contribution >= 0.6 is 11.6 Å². The molecule has 1 heterocycles. The highest BCUT2D eigenvalue weighted by atomic mass is 35.5. The van der Waals surface area contributed by atoms with Gasteiger partial charge in [0.15, 0.2) is 0 Å². The number of aryl methyl sites for hydroxylation is 1. The second kappa shape index (κ2) is 4.53. The van der Waals surface area contributed by atoms with Gasteiger partial charge in [-0.1, -0.05) is 23.7 Å². The van der Waals surface area contributed by atoms with Crippen LogP contribution < -0.4 is 5.73 Å². The molecule has 16 heavy (non-hydrogen) atoms. The van der Waals surface area contributed by atoms with Gasteiger partial charge >= 0.3 is 0 Å². The smallest absolute Gasteiger partial charge is 0.226 e. The number of hydrogen-bond donors (Lipinski definition) is 1. The first-order valence-corrected chi connectivity index (χ1v) is 5.46. The normalized spacial score (nSPS) is 10.6. The highest BCUT2D eigenvalue weighted by molar-refractivity contribution is 6.33. The van der Waals surface area contributed by atoms with Gasteiger partial charge in [-0.2, -0.15) is 4.98 Å². The summed E-state index contributed by atoms with van der Waals surface area (Å²) in [6.07, 6.45) is 1.75. The maximum Gasteiger partial charge on any atom is 0.226 e. The van der Waals surface area contributed by atoms with Crippen LogP contribution in [0.3, 0.4) is 0 Å². The Morgan fingerprint density at radius 2 is 2.25 bits per heavy atom. The van der Waals surface area contributed by atoms with E-state index in [0.29, 0.717) is 22.4 Å². The van der Waals surface area contributed by atoms with Crippen molar-refractivity contribution in [3.05, 3.63) is 29.1 Å². The SMILES string of the molecule is CCCc1nc(-c2ccc(N)cc2Cl)no1. The van der Waals surface area contributed by atoms with E-state index in [1.165, 1.54) is 0 Å². The van der Waals surface area contributed by atoms with Gasteiger partial charge in [-0.3, -0.25) is 0 Å². The van der Waals surface area contributed by atoms with Crippen molar-refractivity contribution >= 4 is 17.3 Å². The van der Waals surface area contributed by atoms with Crippen molar-refractivity contribution in [3.63, 3.8) is 0 Å². The predicted octanol–water partition coefficient (Wildman–Crippen LogP) is 2.92. The highest BCUT2D eigenvalue weighted by Crippen LogP contribution is 2.27. The van der Waals surface area contributed by atoms with Gasteiger partial charge in [0, 0.05) is 17.7 Å². The van der Waals surface area contributed by atoms with Gasteiger partial charge in [0.2, 0.25) is 11.7 Å². The Labute approximate surface area is 98.4 Å². The summed E-state index contributed by atoms with van der Waals surface area (Å²) >= 11 is 6.05. The fourth-order valence-corrected chi connectivity index (χ4v) is 1.67. The molecule has 0 spiro atoms. The van der Waals surface area contributed by atoms with Crippen molar-refractivity contribution in [1.82, 2.24) is 10.1 Å². The molecule has 0 atom stereocenters. The summed E-state index contributed by atoms with van der Waals surface area (Å²) in [6, 6.07) is 5.22. The first-order valence-electron chi connectivity index (χ1n) is 5.08. The molecule has 0 aliphatic heterocycles. The lowest BCUT2D eigenvalue weighted by Gasteiger charge is -1.99. The molecule has 1 aromatic carbocycles. The number of halogens is 1. The van der Waals surface area contributed by atoms with Gasteiger partial charge in [0.25, 0.3) is 0 Å². The predicted molar refractivity (Wildman–Crippen MR) is 63.2 cm³/mol. The minimum Gasteiger partial charge on any atom is -0.399 e. The van der Waals surface area contributed by atoms with E-state index in [2.05, 4.69) is 17.1 Å². The third-order valence-corrected chi connectivity index (χ3v) is 2.48. The molecule has 2 rings (SSSR count). The summed E-state index contributed by atoms with van der Waals surface area (Å²) < 4.78 is 5.09. The fourth-order valence-electron chi connectivity index (χ4n) is 1.39. The van der Waals surface area contributed by atoms with Crippen LogP contribution in [-0.4, -0.2) is 10.1 Å². The van der Waals surface area contributed by atoms with Gasteiger partial charge in [0.05, 0.1) is 5.02 Å². The third kappa shape index (κ3) is 2.17. The first kappa shape index (κ1) is 11.0. The molecule has 0 saturated carbocycles. The molecular weight excluding hydrogens is 226 g/mol. The van der Waals surface area contributed by atoms with Crippen molar-refractivity contribution in [1.29, 1.82) is 0 Å². The van der Waals surface area contributed by atoms with Crippen LogP contribution in [0, 0.1) is 0 Å². The van der Waals surface area contributed by atoms with Crippen molar-refractivity contribution in [2.45, 2.75) is 19.8 Å². The summed E-state index contributed by atoms with van der Waals surface area (Å²) in [5.74, 6) is 1.14. The molecule has 2 N–H and O–H groups in total. The Hall–Kier alpha value is -1.55. The molecule has 0 amide bonds. The van der Waals surface area contributed by atoms with Crippen LogP contribution in [0.1, 0.15) is 19.2 Å². The van der Waals surface area contributed by atoms with E-state index in [9.17, 15) is 0 Å². The Morgan fingerprint density at radius 3 is 2.94 bits per heavy atom. The molecule has 2 aromatic rings. The first-order chi connectivity index (χ1) is 7.70. The van der Waals surface area contributed by atoms with Gasteiger partial charge in [-0.05, 0) is 24.6 Å². The molecule has 0 aliphatic rings. The van der Waals surface area contributed by atoms with E-state index in [1.54, 1.807) is 18.2 Å². The molecular formula is C11H12ClN3O. The number of nitrogens with two attached hydrogens (primary N) is 1. The van der Waals surface area contributed by atoms with Gasteiger partial charge in [-0.25, -0.2) is 0 Å². The Balaban J connectivity index is 2.35. The molecule has 0 bridgehead atoms. The summed E-state index contributed by atoms with van der Waals surface area (Å²) in [5.41, 5.74) is 6.96. The maximum atomic E-state index is 6.05. The summed E-state index contributed by atoms with van der Waals surface area (Å²) in [6.45, 7) is 2.06. The second-order valence-electron chi connectivity index (χ2n) is 3.50. The van der Waals surface area contributed by atoms with E-state index < -0.39 is 0 Å². The highest BCUT2D eigenvalue weighted by Gasteiger charge is 2.11. The van der Waals surface area contributed by atoms with Crippen LogP contribution in [0.15, 0.2) is 22.7 Å². The molecule has 0 saturated heterocycles. The lowest BCUT2D eigenvalue weighted by atomic mass is 10.2. The zero-order chi connectivity index (χ0) is 11.5. The maximum absolute atomic E-state index is 6.05. The lowest BCUT2D eigenvalue weighted by Crippen LogP contribution is -1.88. The summed E-state index contributed by atoms with van der Waals surface area (Å²) in [7, 11) is 0. The molecule has 4 nitrogen and oxygen atoms in total. The minimum atomic E-state index is 0.508. The van der Waals surface area contributed by atoms with Crippen molar-refractivity contribution in [3.8, 4) is 11.4 Å². The van der Waals surface area contributed by atoms with Gasteiger partial charge < -0.3 is 10.3 Å². The third-order valence-electron chi connectivity index (χ3n) is 2.17. The van der Waals surface area contributed by atoms with Crippen molar-refractivity contribution in [2.75, 3.05) is 5.73 Å². The molecule has 1 aromatic heterocycles. The topological polar surface area (TPSA) is 64.9 Å². The number of anilines is 1. The number of nitrogens with zero attached hydrogens (tertiary/aromatic N) is 2. The number of hydrogen-bond acceptors (Lipinski definition) is 4. The fraction of sp³-hybridized carbons (Fsp3) is 0.273. The van der Waals surface area contributed by atoms with E-state index in [4.69, 9.17) is 21.9 Å². The largest absolute Gasteiger partial charge is 0.399 e. The van der Waals surface area contributed by atoms with Crippen LogP contribution in [0.2, 0.25) is 5.02 Å². The number of nitrogen functional groups attached to an aromatic ring is 1. The summed E-state index contributed by atoms with van der Waals surface area (Å²) in [5, 5.41) is 4.42. The minimum absolute atomic E-state index is 0.508. The molecule has 84 valence electrons. The van der Waals surface area contributed by atoms with E-state index in [0.717, 1.165) is 18.4 Å². The molecule has 0 fully saturated rings. The average molecular weight is 238 g/mol. The quantitative estimate of drug-likeness (QED) is 0.834. The number of aromatic nitrogens is 2. The van der Waals surface area contributed by atoms with Crippen molar-refractivity contribution in [2.24, 2.45) is 0 Å². The Morgan fingerprint density at radius 1 is 1.44 bits per heavy atom. The standard InChI is InChI=1S/C11H12ClN3O/c1-2-3-10-14-11(15-16-10)8-5-4-7(13)6-9(8)12/h4-6H,2-3,13H2,1H3. The van der Waals surface area contributed by atoms with E-state index in [-0.39, 0.29) is 0 Å². The molecule has 0 unspecified atom stereocenters. The monoisotopic (exact) mass is 237 g/mol. The Kier molecular flexibility index (Phi) is 3.10. The zero-order valence-electron chi connectivity index (χ0n) is 8.90. The van der Waals surface area contributed by atoms with Crippen LogP contribution in [0.5, 0.6) is 0 Å². The molecule has 0 radical (unpaired) electrons. The number of benzene rings is 1. The number of rotatable bonds is 3. The van der Waals surface area contributed by atoms with Gasteiger partial charge in [-0.15, -0.1) is 0 Å². The molecule has 0 aliphatic carbocycles. The van der Waals surface area contributed by atoms with Crippen molar-refractivity contribution < 1.29 is 4.52 Å². The molecule has 5 heteroatoms. The second-order valence-corrected chi connectivity index (χ2v) is 3.91. The average Bonchev–Trinajstić information content (AvgIpc) is 2.67. The van der Waals surface area contributed by atoms with Gasteiger partial charge in [0.1, 0.15) is 0 Å². The van der Waals surface area contributed by atoms with Crippen LogP contribution in [0.25, 0.3) is 11.4 Å². The van der Waals surface area contributed by atoms with E-state index >= 15 is 0 Å². The van der Waals surface area contributed by atoms with Crippen LogP contribution in [0.4, 0.5) is 5.69 Å². The Bertz CT molecular complexity index is 496. The summed E-state index contributed by atoms with van der Waals surface area (Å²) in [4.78, 5) is 4.26. The van der Waals surface area contributed by atoms with Crippen LogP contribution in [-0.2, 0) is 6.42 Å².